The quantitative estimate of drug-likeness (QED) is 0.647. The van der Waals surface area contributed by atoms with Crippen molar-refractivity contribution in [3.05, 3.63) is 0 Å². The largest absolute Gasteiger partial charge is 0.355 e. The van der Waals surface area contributed by atoms with E-state index in [2.05, 4.69) is 10.2 Å². The van der Waals surface area contributed by atoms with E-state index in [4.69, 9.17) is 9.47 Å². The van der Waals surface area contributed by atoms with Crippen molar-refractivity contribution in [2.45, 2.75) is 25.7 Å². The van der Waals surface area contributed by atoms with Crippen LogP contribution in [0.2, 0.25) is 0 Å². The molecule has 1 aliphatic rings. The number of hydrogen-bond donors (Lipinski definition) is 1. The van der Waals surface area contributed by atoms with Gasteiger partial charge in [-0.2, -0.15) is 0 Å². The van der Waals surface area contributed by atoms with Gasteiger partial charge in [0.2, 0.25) is 5.91 Å². The maximum Gasteiger partial charge on any atom is 0.217 e. The molecule has 0 saturated carbocycles. The molecule has 0 spiro atoms. The number of hydrogen-bond acceptors (Lipinski definition) is 4. The van der Waals surface area contributed by atoms with E-state index in [1.807, 2.05) is 0 Å². The van der Waals surface area contributed by atoms with Gasteiger partial charge < -0.3 is 14.8 Å². The SMILES string of the molecule is COC(CN1CCC(NC(C)=O)C1)OC. The lowest BCUT2D eigenvalue weighted by Crippen LogP contribution is -2.38. The first-order chi connectivity index (χ1) is 7.15. The van der Waals surface area contributed by atoms with Gasteiger partial charge in [0, 0.05) is 46.8 Å². The average Bonchev–Trinajstić information content (AvgIpc) is 2.61. The summed E-state index contributed by atoms with van der Waals surface area (Å²) in [6, 6.07) is 0.275. The Morgan fingerprint density at radius 2 is 2.20 bits per heavy atom. The molecule has 1 fully saturated rings. The van der Waals surface area contributed by atoms with Crippen molar-refractivity contribution < 1.29 is 14.3 Å². The van der Waals surface area contributed by atoms with E-state index in [-0.39, 0.29) is 18.2 Å². The van der Waals surface area contributed by atoms with Crippen LogP contribution in [0.15, 0.2) is 0 Å². The average molecular weight is 216 g/mol. The normalized spacial score (nSPS) is 22.3. The number of nitrogens with one attached hydrogen (secondary N) is 1. The maximum atomic E-state index is 10.9. The molecular formula is C10H20N2O3. The summed E-state index contributed by atoms with van der Waals surface area (Å²) < 4.78 is 10.3. The van der Waals surface area contributed by atoms with Gasteiger partial charge in [-0.15, -0.1) is 0 Å². The van der Waals surface area contributed by atoms with Crippen LogP contribution in [0.1, 0.15) is 13.3 Å². The van der Waals surface area contributed by atoms with Gasteiger partial charge in [0.25, 0.3) is 0 Å². The van der Waals surface area contributed by atoms with E-state index >= 15 is 0 Å². The van der Waals surface area contributed by atoms with Crippen molar-refractivity contribution >= 4 is 5.91 Å². The fraction of sp³-hybridized carbons (Fsp3) is 0.900. The molecule has 0 bridgehead atoms. The van der Waals surface area contributed by atoms with Crippen molar-refractivity contribution in [3.8, 4) is 0 Å². The summed E-state index contributed by atoms with van der Waals surface area (Å²) in [6.07, 6.45) is 0.820. The fourth-order valence-corrected chi connectivity index (χ4v) is 1.86. The van der Waals surface area contributed by atoms with Gasteiger partial charge in [-0.1, -0.05) is 0 Å². The predicted octanol–water partition coefficient (Wildman–Crippen LogP) is -0.184. The monoisotopic (exact) mass is 216 g/mol. The number of amides is 1. The smallest absolute Gasteiger partial charge is 0.217 e. The minimum Gasteiger partial charge on any atom is -0.355 e. The highest BCUT2D eigenvalue weighted by molar-refractivity contribution is 5.73. The molecule has 1 unspecified atom stereocenters. The summed E-state index contributed by atoms with van der Waals surface area (Å²) in [7, 11) is 3.27. The molecule has 5 nitrogen and oxygen atoms in total. The number of ether oxygens (including phenoxy) is 2. The molecule has 0 aromatic heterocycles. The molecule has 1 saturated heterocycles. The third kappa shape index (κ3) is 4.15. The van der Waals surface area contributed by atoms with Gasteiger partial charge in [0.15, 0.2) is 6.29 Å². The second kappa shape index (κ2) is 6.05. The molecule has 88 valence electrons. The zero-order valence-corrected chi connectivity index (χ0v) is 9.66. The highest BCUT2D eigenvalue weighted by Gasteiger charge is 2.24. The molecule has 0 aromatic carbocycles. The van der Waals surface area contributed by atoms with Crippen molar-refractivity contribution in [1.82, 2.24) is 10.2 Å². The topological polar surface area (TPSA) is 50.8 Å². The molecule has 0 aromatic rings. The number of rotatable bonds is 5. The molecule has 15 heavy (non-hydrogen) atoms. The fourth-order valence-electron chi connectivity index (χ4n) is 1.86. The van der Waals surface area contributed by atoms with Crippen LogP contribution >= 0.6 is 0 Å². The van der Waals surface area contributed by atoms with Crippen molar-refractivity contribution in [2.75, 3.05) is 33.9 Å². The zero-order valence-electron chi connectivity index (χ0n) is 9.66. The molecule has 1 atom stereocenters. The first kappa shape index (κ1) is 12.4. The summed E-state index contributed by atoms with van der Waals surface area (Å²) in [6.45, 7) is 4.16. The Morgan fingerprint density at radius 1 is 1.53 bits per heavy atom. The lowest BCUT2D eigenvalue weighted by atomic mass is 10.3. The first-order valence-electron chi connectivity index (χ1n) is 5.20. The van der Waals surface area contributed by atoms with Gasteiger partial charge >= 0.3 is 0 Å². The summed E-state index contributed by atoms with van der Waals surface area (Å²) >= 11 is 0. The minimum atomic E-state index is -0.180. The lowest BCUT2D eigenvalue weighted by molar-refractivity contribution is -0.119. The molecular weight excluding hydrogens is 196 g/mol. The summed E-state index contributed by atoms with van der Waals surface area (Å²) in [4.78, 5) is 13.1. The Morgan fingerprint density at radius 3 is 2.73 bits per heavy atom. The molecule has 5 heteroatoms. The number of carbonyl (C=O) groups excluding carboxylic acids is 1. The summed E-state index contributed by atoms with van der Waals surface area (Å²) in [5.74, 6) is 0.0388. The Labute approximate surface area is 90.7 Å². The minimum absolute atomic E-state index is 0.0388. The van der Waals surface area contributed by atoms with Gasteiger partial charge in [-0.05, 0) is 6.42 Å². The van der Waals surface area contributed by atoms with E-state index < -0.39 is 0 Å². The molecule has 1 N–H and O–H groups in total. The molecule has 0 aliphatic carbocycles. The van der Waals surface area contributed by atoms with Gasteiger partial charge in [-0.25, -0.2) is 0 Å². The molecule has 1 aliphatic heterocycles. The third-order valence-electron chi connectivity index (χ3n) is 2.61. The standard InChI is InChI=1S/C10H20N2O3/c1-8(13)11-9-4-5-12(6-9)7-10(14-2)15-3/h9-10H,4-7H2,1-3H3,(H,11,13). The summed E-state index contributed by atoms with van der Waals surface area (Å²) in [5.41, 5.74) is 0. The van der Waals surface area contributed by atoms with Gasteiger partial charge in [0.05, 0.1) is 0 Å². The van der Waals surface area contributed by atoms with E-state index in [0.717, 1.165) is 26.1 Å². The van der Waals surface area contributed by atoms with Crippen molar-refractivity contribution in [1.29, 1.82) is 0 Å². The Kier molecular flexibility index (Phi) is 5.01. The van der Waals surface area contributed by atoms with Crippen molar-refractivity contribution in [3.63, 3.8) is 0 Å². The second-order valence-corrected chi connectivity index (χ2v) is 3.85. The van der Waals surface area contributed by atoms with Crippen LogP contribution in [0, 0.1) is 0 Å². The van der Waals surface area contributed by atoms with E-state index in [1.54, 1.807) is 21.1 Å². The predicted molar refractivity (Wildman–Crippen MR) is 56.5 cm³/mol. The molecule has 1 heterocycles. The van der Waals surface area contributed by atoms with Crippen LogP contribution in [0.25, 0.3) is 0 Å². The Bertz CT molecular complexity index is 207. The van der Waals surface area contributed by atoms with E-state index in [0.29, 0.717) is 0 Å². The number of likely N-dealkylation sites (tertiary alicyclic amines) is 1. The van der Waals surface area contributed by atoms with Crippen LogP contribution in [0.5, 0.6) is 0 Å². The Balaban J connectivity index is 2.26. The van der Waals surface area contributed by atoms with Crippen LogP contribution in [-0.4, -0.2) is 57.0 Å². The number of carbonyl (C=O) groups is 1. The van der Waals surface area contributed by atoms with E-state index in [1.165, 1.54) is 0 Å². The van der Waals surface area contributed by atoms with Crippen LogP contribution in [0.3, 0.4) is 0 Å². The second-order valence-electron chi connectivity index (χ2n) is 3.85. The number of nitrogens with zero attached hydrogens (tertiary/aromatic N) is 1. The van der Waals surface area contributed by atoms with Gasteiger partial charge in [0.1, 0.15) is 0 Å². The first-order valence-corrected chi connectivity index (χ1v) is 5.20. The number of methoxy groups -OCH3 is 2. The maximum absolute atomic E-state index is 10.9. The van der Waals surface area contributed by atoms with Crippen molar-refractivity contribution in [2.24, 2.45) is 0 Å². The zero-order chi connectivity index (χ0) is 11.3. The van der Waals surface area contributed by atoms with Crippen LogP contribution in [-0.2, 0) is 14.3 Å². The lowest BCUT2D eigenvalue weighted by Gasteiger charge is -2.21. The molecule has 1 amide bonds. The third-order valence-corrected chi connectivity index (χ3v) is 2.61. The highest BCUT2D eigenvalue weighted by Crippen LogP contribution is 2.10. The van der Waals surface area contributed by atoms with E-state index in [9.17, 15) is 4.79 Å². The van der Waals surface area contributed by atoms with Gasteiger partial charge in [-0.3, -0.25) is 9.69 Å². The highest BCUT2D eigenvalue weighted by atomic mass is 16.7. The molecule has 1 rings (SSSR count). The van der Waals surface area contributed by atoms with Crippen LogP contribution < -0.4 is 5.32 Å². The molecule has 0 radical (unpaired) electrons. The van der Waals surface area contributed by atoms with Crippen LogP contribution in [0.4, 0.5) is 0 Å². The Hall–Kier alpha value is -0.650. The summed E-state index contributed by atoms with van der Waals surface area (Å²) in [5, 5.41) is 2.92.